The SMILES string of the molecule is Cc1cnc(C(=O)N(CCC(=O)NC(C)C)CC2CCCO2)cn1. The fourth-order valence-electron chi connectivity index (χ4n) is 2.61. The summed E-state index contributed by atoms with van der Waals surface area (Å²) in [6.45, 7) is 7.19. The molecule has 0 radical (unpaired) electrons. The van der Waals surface area contributed by atoms with Gasteiger partial charge in [-0.25, -0.2) is 4.98 Å². The van der Waals surface area contributed by atoms with Crippen LogP contribution in [0.1, 0.15) is 49.3 Å². The van der Waals surface area contributed by atoms with Crippen LogP contribution in [0.4, 0.5) is 0 Å². The molecule has 1 aliphatic heterocycles. The summed E-state index contributed by atoms with van der Waals surface area (Å²) in [6, 6.07) is 0.0859. The predicted octanol–water partition coefficient (Wildman–Crippen LogP) is 1.32. The maximum Gasteiger partial charge on any atom is 0.274 e. The number of hydrogen-bond donors (Lipinski definition) is 1. The molecule has 1 aliphatic rings. The zero-order valence-corrected chi connectivity index (χ0v) is 14.6. The Labute approximate surface area is 142 Å². The molecule has 1 unspecified atom stereocenters. The number of ether oxygens (including phenoxy) is 1. The number of aromatic nitrogens is 2. The van der Waals surface area contributed by atoms with Gasteiger partial charge in [-0.05, 0) is 33.6 Å². The fraction of sp³-hybridized carbons (Fsp3) is 0.647. The molecule has 0 bridgehead atoms. The first-order chi connectivity index (χ1) is 11.5. The highest BCUT2D eigenvalue weighted by molar-refractivity contribution is 5.92. The first-order valence-electron chi connectivity index (χ1n) is 8.44. The summed E-state index contributed by atoms with van der Waals surface area (Å²) in [4.78, 5) is 34.5. The van der Waals surface area contributed by atoms with Gasteiger partial charge in [-0.1, -0.05) is 0 Å². The minimum Gasteiger partial charge on any atom is -0.376 e. The topological polar surface area (TPSA) is 84.4 Å². The van der Waals surface area contributed by atoms with E-state index in [0.29, 0.717) is 18.8 Å². The van der Waals surface area contributed by atoms with Gasteiger partial charge in [0.15, 0.2) is 0 Å². The summed E-state index contributed by atoms with van der Waals surface area (Å²) < 4.78 is 5.63. The van der Waals surface area contributed by atoms with Gasteiger partial charge in [-0.3, -0.25) is 14.6 Å². The lowest BCUT2D eigenvalue weighted by Gasteiger charge is -2.25. The average Bonchev–Trinajstić information content (AvgIpc) is 3.04. The van der Waals surface area contributed by atoms with Crippen LogP contribution in [-0.4, -0.2) is 58.5 Å². The Balaban J connectivity index is 2.02. The van der Waals surface area contributed by atoms with Gasteiger partial charge >= 0.3 is 0 Å². The van der Waals surface area contributed by atoms with Crippen molar-refractivity contribution in [3.8, 4) is 0 Å². The van der Waals surface area contributed by atoms with E-state index in [9.17, 15) is 9.59 Å². The van der Waals surface area contributed by atoms with E-state index < -0.39 is 0 Å². The van der Waals surface area contributed by atoms with Gasteiger partial charge < -0.3 is 15.0 Å². The number of rotatable bonds is 7. The van der Waals surface area contributed by atoms with Crippen LogP contribution in [0.25, 0.3) is 0 Å². The first kappa shape index (κ1) is 18.3. The molecule has 1 aromatic heterocycles. The van der Waals surface area contributed by atoms with Crippen LogP contribution in [0.15, 0.2) is 12.4 Å². The number of aryl methyl sites for hydroxylation is 1. The molecule has 0 aromatic carbocycles. The molecule has 0 spiro atoms. The molecule has 132 valence electrons. The van der Waals surface area contributed by atoms with E-state index in [1.165, 1.54) is 6.20 Å². The third-order valence-corrected chi connectivity index (χ3v) is 3.79. The highest BCUT2D eigenvalue weighted by Crippen LogP contribution is 2.15. The Morgan fingerprint density at radius 3 is 2.75 bits per heavy atom. The number of hydrogen-bond acceptors (Lipinski definition) is 5. The Morgan fingerprint density at radius 2 is 2.17 bits per heavy atom. The summed E-state index contributed by atoms with van der Waals surface area (Å²) in [6.07, 6.45) is 5.28. The van der Waals surface area contributed by atoms with Crippen molar-refractivity contribution >= 4 is 11.8 Å². The molecule has 1 aromatic rings. The smallest absolute Gasteiger partial charge is 0.274 e. The van der Waals surface area contributed by atoms with E-state index >= 15 is 0 Å². The normalized spacial score (nSPS) is 17.1. The Hall–Kier alpha value is -2.02. The largest absolute Gasteiger partial charge is 0.376 e. The molecule has 7 nitrogen and oxygen atoms in total. The van der Waals surface area contributed by atoms with Crippen LogP contribution in [0.3, 0.4) is 0 Å². The molecule has 24 heavy (non-hydrogen) atoms. The van der Waals surface area contributed by atoms with Gasteiger partial charge in [0.1, 0.15) is 5.69 Å². The van der Waals surface area contributed by atoms with Gasteiger partial charge in [0, 0.05) is 38.4 Å². The quantitative estimate of drug-likeness (QED) is 0.813. The van der Waals surface area contributed by atoms with Crippen LogP contribution in [0, 0.1) is 6.92 Å². The van der Waals surface area contributed by atoms with Gasteiger partial charge in [0.25, 0.3) is 5.91 Å². The highest BCUT2D eigenvalue weighted by Gasteiger charge is 2.24. The van der Waals surface area contributed by atoms with Crippen LogP contribution < -0.4 is 5.32 Å². The summed E-state index contributed by atoms with van der Waals surface area (Å²) in [5.41, 5.74) is 1.05. The molecule has 0 aliphatic carbocycles. The highest BCUT2D eigenvalue weighted by atomic mass is 16.5. The number of carbonyl (C=O) groups excluding carboxylic acids is 2. The lowest BCUT2D eigenvalue weighted by Crippen LogP contribution is -2.41. The molecule has 1 fully saturated rings. The Morgan fingerprint density at radius 1 is 1.38 bits per heavy atom. The number of nitrogens with zero attached hydrogens (tertiary/aromatic N) is 3. The second-order valence-corrected chi connectivity index (χ2v) is 6.40. The third-order valence-electron chi connectivity index (χ3n) is 3.79. The maximum absolute atomic E-state index is 12.7. The Kier molecular flexibility index (Phi) is 6.66. The molecule has 2 heterocycles. The van der Waals surface area contributed by atoms with Crippen molar-refractivity contribution in [1.29, 1.82) is 0 Å². The van der Waals surface area contributed by atoms with E-state index in [1.807, 2.05) is 20.8 Å². The predicted molar refractivity (Wildman–Crippen MR) is 89.5 cm³/mol. The molecule has 0 saturated carbocycles. The van der Waals surface area contributed by atoms with Gasteiger partial charge in [-0.15, -0.1) is 0 Å². The molecular weight excluding hydrogens is 308 g/mol. The van der Waals surface area contributed by atoms with E-state index in [1.54, 1.807) is 11.1 Å². The van der Waals surface area contributed by atoms with Crippen molar-refractivity contribution in [2.24, 2.45) is 0 Å². The van der Waals surface area contributed by atoms with Gasteiger partial charge in [0.05, 0.1) is 18.0 Å². The van der Waals surface area contributed by atoms with E-state index in [4.69, 9.17) is 4.74 Å². The third kappa shape index (κ3) is 5.56. The summed E-state index contributed by atoms with van der Waals surface area (Å²) in [7, 11) is 0. The van der Waals surface area contributed by atoms with Crippen molar-refractivity contribution in [3.05, 3.63) is 23.8 Å². The second-order valence-electron chi connectivity index (χ2n) is 6.40. The molecule has 1 saturated heterocycles. The molecule has 1 atom stereocenters. The lowest BCUT2D eigenvalue weighted by molar-refractivity contribution is -0.121. The summed E-state index contributed by atoms with van der Waals surface area (Å²) >= 11 is 0. The van der Waals surface area contributed by atoms with Crippen LogP contribution >= 0.6 is 0 Å². The zero-order valence-electron chi connectivity index (χ0n) is 14.6. The van der Waals surface area contributed by atoms with Gasteiger partial charge in [-0.2, -0.15) is 0 Å². The number of carbonyl (C=O) groups is 2. The van der Waals surface area contributed by atoms with Gasteiger partial charge in [0.2, 0.25) is 5.91 Å². The van der Waals surface area contributed by atoms with Crippen molar-refractivity contribution in [2.75, 3.05) is 19.7 Å². The molecule has 2 amide bonds. The second kappa shape index (κ2) is 8.73. The standard InChI is InChI=1S/C17H26N4O3/c1-12(2)20-16(22)6-7-21(11-14-5-4-8-24-14)17(23)15-10-18-13(3)9-19-15/h9-10,12,14H,4-8,11H2,1-3H3,(H,20,22). The lowest BCUT2D eigenvalue weighted by atomic mass is 10.2. The number of nitrogens with one attached hydrogen (secondary N) is 1. The summed E-state index contributed by atoms with van der Waals surface area (Å²) in [5.74, 6) is -0.277. The van der Waals surface area contributed by atoms with Crippen molar-refractivity contribution in [2.45, 2.75) is 52.2 Å². The Bertz CT molecular complexity index is 553. The van der Waals surface area contributed by atoms with Crippen LogP contribution in [-0.2, 0) is 9.53 Å². The number of amides is 2. The van der Waals surface area contributed by atoms with Crippen LogP contribution in [0.5, 0.6) is 0 Å². The van der Waals surface area contributed by atoms with Crippen molar-refractivity contribution < 1.29 is 14.3 Å². The maximum atomic E-state index is 12.7. The minimum atomic E-state index is -0.213. The van der Waals surface area contributed by atoms with E-state index in [-0.39, 0.29) is 30.4 Å². The van der Waals surface area contributed by atoms with E-state index in [2.05, 4.69) is 15.3 Å². The minimum absolute atomic E-state index is 0.0283. The van der Waals surface area contributed by atoms with Crippen LogP contribution in [0.2, 0.25) is 0 Å². The van der Waals surface area contributed by atoms with Crippen molar-refractivity contribution in [1.82, 2.24) is 20.2 Å². The molecule has 7 heteroatoms. The first-order valence-corrected chi connectivity index (χ1v) is 8.44. The molecular formula is C17H26N4O3. The molecule has 2 rings (SSSR count). The fourth-order valence-corrected chi connectivity index (χ4v) is 2.61. The average molecular weight is 334 g/mol. The molecule has 1 N–H and O–H groups in total. The monoisotopic (exact) mass is 334 g/mol. The summed E-state index contributed by atoms with van der Waals surface area (Å²) in [5, 5.41) is 2.84. The zero-order chi connectivity index (χ0) is 17.5. The van der Waals surface area contributed by atoms with E-state index in [0.717, 1.165) is 25.1 Å². The van der Waals surface area contributed by atoms with Crippen molar-refractivity contribution in [3.63, 3.8) is 0 Å².